The van der Waals surface area contributed by atoms with Crippen molar-refractivity contribution in [3.63, 3.8) is 0 Å². The quantitative estimate of drug-likeness (QED) is 0.477. The number of hydrogen-bond acceptors (Lipinski definition) is 7. The summed E-state index contributed by atoms with van der Waals surface area (Å²) >= 11 is 13.2. The van der Waals surface area contributed by atoms with Gasteiger partial charge in [-0.25, -0.2) is 4.98 Å². The fourth-order valence-corrected chi connectivity index (χ4v) is 7.16. The molecule has 0 radical (unpaired) electrons. The number of carbonyl (C=O) groups is 1. The average Bonchev–Trinajstić information content (AvgIpc) is 2.86. The number of aromatic nitrogens is 2. The van der Waals surface area contributed by atoms with Crippen molar-refractivity contribution in [1.82, 2.24) is 20.2 Å². The molecule has 1 aromatic heterocycles. The highest BCUT2D eigenvalue weighted by Crippen LogP contribution is 2.65. The van der Waals surface area contributed by atoms with Crippen molar-refractivity contribution in [2.24, 2.45) is 23.2 Å². The Balaban J connectivity index is 1.36. The summed E-state index contributed by atoms with van der Waals surface area (Å²) in [6, 6.07) is 5.93. The summed E-state index contributed by atoms with van der Waals surface area (Å²) in [5.74, 6) is 1.70. The molecule has 1 aromatic carbocycles. The molecule has 10 heteroatoms. The molecule has 4 atom stereocenters. The summed E-state index contributed by atoms with van der Waals surface area (Å²) in [6.45, 7) is 10.7. The normalized spacial score (nSPS) is 28.8. The molecule has 37 heavy (non-hydrogen) atoms. The molecular weight excluding hydrogens is 509 g/mol. The number of fused-ring (bicyclic) bond motifs is 2. The Morgan fingerprint density at radius 3 is 2.46 bits per heavy atom. The zero-order valence-corrected chi connectivity index (χ0v) is 23.7. The zero-order chi connectivity index (χ0) is 26.5. The highest BCUT2D eigenvalue weighted by molar-refractivity contribution is 6.33. The summed E-state index contributed by atoms with van der Waals surface area (Å²) in [6.07, 6.45) is 3.53. The summed E-state index contributed by atoms with van der Waals surface area (Å²) in [5.41, 5.74) is 1.49. The van der Waals surface area contributed by atoms with Crippen LogP contribution >= 0.6 is 23.2 Å². The number of piperazine rings is 1. The molecule has 3 saturated carbocycles. The second-order valence-electron chi connectivity index (χ2n) is 11.6. The molecule has 4 aliphatic rings. The number of nitrogens with zero attached hydrogens (tertiary/aromatic N) is 4. The SMILES string of the molecule is CNC(=O)[C@H]1C[C@H]2C[C@H](C2(C)C)[C@@]1(C)Nc1nc(Nc2ccc(N3CCN(C)CC3)c(Cl)c2)ncc1Cl. The second-order valence-corrected chi connectivity index (χ2v) is 12.4. The maximum Gasteiger partial charge on any atom is 0.229 e. The Hall–Kier alpha value is -2.29. The van der Waals surface area contributed by atoms with Crippen molar-refractivity contribution in [1.29, 1.82) is 0 Å². The summed E-state index contributed by atoms with van der Waals surface area (Å²) in [7, 11) is 3.84. The highest BCUT2D eigenvalue weighted by atomic mass is 35.5. The van der Waals surface area contributed by atoms with Gasteiger partial charge in [-0.2, -0.15) is 4.98 Å². The minimum absolute atomic E-state index is 0.0545. The lowest BCUT2D eigenvalue weighted by Crippen LogP contribution is -2.69. The minimum Gasteiger partial charge on any atom is -0.368 e. The third-order valence-electron chi connectivity index (χ3n) is 9.18. The monoisotopic (exact) mass is 545 g/mol. The molecule has 0 unspecified atom stereocenters. The van der Waals surface area contributed by atoms with E-state index in [9.17, 15) is 4.79 Å². The number of halogens is 2. The lowest BCUT2D eigenvalue weighted by Gasteiger charge is -2.66. The van der Waals surface area contributed by atoms with E-state index in [0.29, 0.717) is 33.6 Å². The van der Waals surface area contributed by atoms with Gasteiger partial charge in [-0.05, 0) is 62.3 Å². The van der Waals surface area contributed by atoms with Crippen molar-refractivity contribution >= 4 is 52.3 Å². The fourth-order valence-electron chi connectivity index (χ4n) is 6.72. The Bertz CT molecular complexity index is 1180. The van der Waals surface area contributed by atoms with Gasteiger partial charge in [0.2, 0.25) is 11.9 Å². The van der Waals surface area contributed by atoms with Crippen LogP contribution in [0.4, 0.5) is 23.1 Å². The Morgan fingerprint density at radius 1 is 1.08 bits per heavy atom. The predicted molar refractivity (Wildman–Crippen MR) is 151 cm³/mol. The van der Waals surface area contributed by atoms with E-state index in [2.05, 4.69) is 58.6 Å². The summed E-state index contributed by atoms with van der Waals surface area (Å²) < 4.78 is 0. The van der Waals surface area contributed by atoms with Gasteiger partial charge < -0.3 is 25.8 Å². The Kier molecular flexibility index (Phi) is 6.96. The molecule has 3 N–H and O–H groups in total. The maximum atomic E-state index is 12.9. The van der Waals surface area contributed by atoms with Gasteiger partial charge in [-0.15, -0.1) is 0 Å². The van der Waals surface area contributed by atoms with Gasteiger partial charge in [0.25, 0.3) is 0 Å². The maximum absolute atomic E-state index is 12.9. The van der Waals surface area contributed by atoms with Gasteiger partial charge in [-0.3, -0.25) is 4.79 Å². The van der Waals surface area contributed by atoms with Crippen LogP contribution in [0.25, 0.3) is 0 Å². The van der Waals surface area contributed by atoms with E-state index in [1.54, 1.807) is 13.2 Å². The lowest BCUT2D eigenvalue weighted by atomic mass is 9.40. The first-order valence-electron chi connectivity index (χ1n) is 13.0. The molecule has 2 aromatic rings. The Labute approximate surface area is 229 Å². The van der Waals surface area contributed by atoms with Crippen LogP contribution in [0.3, 0.4) is 0 Å². The average molecular weight is 547 g/mol. The van der Waals surface area contributed by atoms with Gasteiger partial charge in [-0.1, -0.05) is 37.0 Å². The predicted octanol–water partition coefficient (Wildman–Crippen LogP) is 4.88. The first kappa shape index (κ1) is 26.3. The molecule has 2 heterocycles. The molecule has 4 fully saturated rings. The molecule has 2 bridgehead atoms. The number of nitrogens with one attached hydrogen (secondary N) is 3. The van der Waals surface area contributed by atoms with Crippen LogP contribution in [-0.2, 0) is 4.79 Å². The topological polar surface area (TPSA) is 85.4 Å². The van der Waals surface area contributed by atoms with E-state index < -0.39 is 5.54 Å². The number of rotatable bonds is 6. The van der Waals surface area contributed by atoms with Crippen LogP contribution in [0.15, 0.2) is 24.4 Å². The number of anilines is 4. The molecule has 6 rings (SSSR count). The summed E-state index contributed by atoms with van der Waals surface area (Å²) in [5, 5.41) is 10.8. The number of carbonyl (C=O) groups excluding carboxylic acids is 1. The molecular formula is C27H37Cl2N7O. The van der Waals surface area contributed by atoms with Crippen molar-refractivity contribution in [3.8, 4) is 0 Å². The van der Waals surface area contributed by atoms with Crippen LogP contribution in [0.2, 0.25) is 10.0 Å². The van der Waals surface area contributed by atoms with E-state index in [4.69, 9.17) is 28.2 Å². The minimum atomic E-state index is -0.485. The van der Waals surface area contributed by atoms with Gasteiger partial charge in [0.15, 0.2) is 5.82 Å². The Morgan fingerprint density at radius 2 is 1.81 bits per heavy atom. The van der Waals surface area contributed by atoms with Crippen LogP contribution in [0.5, 0.6) is 0 Å². The molecule has 3 aliphatic carbocycles. The van der Waals surface area contributed by atoms with Crippen molar-refractivity contribution < 1.29 is 4.79 Å². The molecule has 0 spiro atoms. The van der Waals surface area contributed by atoms with Crippen molar-refractivity contribution in [3.05, 3.63) is 34.4 Å². The summed E-state index contributed by atoms with van der Waals surface area (Å²) in [4.78, 5) is 26.6. The van der Waals surface area contributed by atoms with Gasteiger partial charge in [0.05, 0.1) is 28.4 Å². The van der Waals surface area contributed by atoms with Gasteiger partial charge in [0.1, 0.15) is 5.02 Å². The van der Waals surface area contributed by atoms with Crippen LogP contribution in [0, 0.1) is 23.2 Å². The molecule has 200 valence electrons. The van der Waals surface area contributed by atoms with E-state index in [-0.39, 0.29) is 17.2 Å². The smallest absolute Gasteiger partial charge is 0.229 e. The van der Waals surface area contributed by atoms with E-state index in [1.807, 2.05) is 18.2 Å². The van der Waals surface area contributed by atoms with Crippen LogP contribution in [-0.4, -0.2) is 66.6 Å². The number of likely N-dealkylation sites (N-methyl/N-ethyl adjacent to an activating group) is 1. The first-order chi connectivity index (χ1) is 17.5. The zero-order valence-electron chi connectivity index (χ0n) is 22.2. The van der Waals surface area contributed by atoms with Gasteiger partial charge >= 0.3 is 0 Å². The fraction of sp³-hybridized carbons (Fsp3) is 0.593. The molecule has 1 amide bonds. The van der Waals surface area contributed by atoms with Crippen LogP contribution in [0.1, 0.15) is 33.6 Å². The molecule has 8 nitrogen and oxygen atoms in total. The number of benzene rings is 1. The van der Waals surface area contributed by atoms with Crippen molar-refractivity contribution in [2.75, 3.05) is 55.8 Å². The van der Waals surface area contributed by atoms with Gasteiger partial charge in [0, 0.05) is 38.9 Å². The van der Waals surface area contributed by atoms with Crippen LogP contribution < -0.4 is 20.9 Å². The standard InChI is InChI=1S/C27H37Cl2N7O/c1-26(2)16-12-18(24(37)30-4)27(3,22(26)13-16)34-23-20(29)15-31-25(33-23)32-17-6-7-21(19(28)14-17)36-10-8-35(5)9-11-36/h6-7,14-16,18,22H,8-13H2,1-5H3,(H,30,37)(H2,31,32,33,34)/t16-,18+,22+,27-/m0/s1. The molecule has 1 saturated heterocycles. The number of hydrogen-bond donors (Lipinski definition) is 3. The van der Waals surface area contributed by atoms with E-state index in [0.717, 1.165) is 50.4 Å². The number of amides is 1. The van der Waals surface area contributed by atoms with Crippen molar-refractivity contribution in [2.45, 2.75) is 39.2 Å². The van der Waals surface area contributed by atoms with E-state index in [1.165, 1.54) is 0 Å². The largest absolute Gasteiger partial charge is 0.368 e. The highest BCUT2D eigenvalue weighted by Gasteiger charge is 2.64. The first-order valence-corrected chi connectivity index (χ1v) is 13.8. The third kappa shape index (κ3) is 4.72. The lowest BCUT2D eigenvalue weighted by molar-refractivity contribution is -0.155. The molecule has 1 aliphatic heterocycles. The third-order valence-corrected chi connectivity index (χ3v) is 9.76. The second kappa shape index (κ2) is 9.79. The van der Waals surface area contributed by atoms with E-state index >= 15 is 0 Å².